The number of hydrogen-bond donors (Lipinski definition) is 1. The molecule has 0 atom stereocenters. The van der Waals surface area contributed by atoms with Gasteiger partial charge in [-0.25, -0.2) is 8.42 Å². The Morgan fingerprint density at radius 2 is 1.74 bits per heavy atom. The lowest BCUT2D eigenvalue weighted by Gasteiger charge is -2.10. The van der Waals surface area contributed by atoms with Crippen LogP contribution in [0.5, 0.6) is 0 Å². The zero-order valence-electron chi connectivity index (χ0n) is 14.7. The molecule has 0 aliphatic carbocycles. The lowest BCUT2D eigenvalue weighted by molar-refractivity contribution is 0.102. The Labute approximate surface area is 163 Å². The molecule has 138 valence electrons. The Morgan fingerprint density at radius 3 is 2.33 bits per heavy atom. The van der Waals surface area contributed by atoms with Crippen molar-refractivity contribution >= 4 is 33.0 Å². The first-order valence-corrected chi connectivity index (χ1v) is 10.3. The van der Waals surface area contributed by atoms with Crippen molar-refractivity contribution in [1.29, 1.82) is 0 Å². The number of benzene rings is 2. The van der Waals surface area contributed by atoms with Gasteiger partial charge >= 0.3 is 0 Å². The van der Waals surface area contributed by atoms with E-state index in [9.17, 15) is 13.2 Å². The minimum atomic E-state index is -3.30. The SMILES string of the molecule is Cc1ccc(-c2cc(NC(=O)c3ccc(S(C)(=O)=O)cc3)ccc2Cl)nc1. The molecule has 0 unspecified atom stereocenters. The minimum absolute atomic E-state index is 0.165. The molecule has 0 saturated heterocycles. The van der Waals surface area contributed by atoms with Crippen molar-refractivity contribution in [1.82, 2.24) is 4.98 Å². The van der Waals surface area contributed by atoms with Crippen LogP contribution in [0, 0.1) is 6.92 Å². The normalized spacial score (nSPS) is 11.2. The topological polar surface area (TPSA) is 76.1 Å². The van der Waals surface area contributed by atoms with Gasteiger partial charge in [-0.1, -0.05) is 17.7 Å². The molecule has 2 aromatic carbocycles. The fourth-order valence-corrected chi connectivity index (χ4v) is 3.33. The maximum absolute atomic E-state index is 12.4. The van der Waals surface area contributed by atoms with Gasteiger partial charge < -0.3 is 5.32 Å². The second kappa shape index (κ2) is 7.50. The van der Waals surface area contributed by atoms with Crippen molar-refractivity contribution in [3.05, 3.63) is 76.9 Å². The standard InChI is InChI=1S/C20H17ClN2O3S/c1-13-3-10-19(22-12-13)17-11-15(6-9-18(17)21)23-20(24)14-4-7-16(8-5-14)27(2,25)26/h3-12H,1-2H3,(H,23,24). The fraction of sp³-hybridized carbons (Fsp3) is 0.100. The lowest BCUT2D eigenvalue weighted by atomic mass is 10.1. The summed E-state index contributed by atoms with van der Waals surface area (Å²) in [6, 6.07) is 14.7. The molecular formula is C20H17ClN2O3S. The van der Waals surface area contributed by atoms with Crippen molar-refractivity contribution in [2.45, 2.75) is 11.8 Å². The van der Waals surface area contributed by atoms with Crippen molar-refractivity contribution in [2.75, 3.05) is 11.6 Å². The third-order valence-corrected chi connectivity index (χ3v) is 5.41. The summed E-state index contributed by atoms with van der Waals surface area (Å²) in [5.74, 6) is -0.347. The molecule has 5 nitrogen and oxygen atoms in total. The van der Waals surface area contributed by atoms with Crippen molar-refractivity contribution in [3.8, 4) is 11.3 Å². The van der Waals surface area contributed by atoms with Crippen LogP contribution in [-0.2, 0) is 9.84 Å². The summed E-state index contributed by atoms with van der Waals surface area (Å²) in [6.07, 6.45) is 2.87. The van der Waals surface area contributed by atoms with E-state index < -0.39 is 9.84 Å². The molecule has 1 aromatic heterocycles. The first kappa shape index (κ1) is 19.1. The van der Waals surface area contributed by atoms with Crippen molar-refractivity contribution < 1.29 is 13.2 Å². The van der Waals surface area contributed by atoms with Gasteiger partial charge in [-0.2, -0.15) is 0 Å². The van der Waals surface area contributed by atoms with Gasteiger partial charge in [0.25, 0.3) is 5.91 Å². The van der Waals surface area contributed by atoms with Gasteiger partial charge in [-0.05, 0) is 61.0 Å². The monoisotopic (exact) mass is 400 g/mol. The van der Waals surface area contributed by atoms with Gasteiger partial charge in [0.2, 0.25) is 0 Å². The molecule has 0 saturated carbocycles. The molecule has 7 heteroatoms. The maximum atomic E-state index is 12.4. The van der Waals surface area contributed by atoms with Gasteiger partial charge in [0.05, 0.1) is 15.6 Å². The summed E-state index contributed by atoms with van der Waals surface area (Å²) >= 11 is 6.27. The van der Waals surface area contributed by atoms with E-state index in [0.29, 0.717) is 27.5 Å². The van der Waals surface area contributed by atoms with Gasteiger partial charge in [-0.15, -0.1) is 0 Å². The molecule has 0 aliphatic heterocycles. The predicted molar refractivity (Wildman–Crippen MR) is 107 cm³/mol. The highest BCUT2D eigenvalue weighted by Gasteiger charge is 2.12. The van der Waals surface area contributed by atoms with Crippen LogP contribution < -0.4 is 5.32 Å². The lowest BCUT2D eigenvalue weighted by Crippen LogP contribution is -2.12. The highest BCUT2D eigenvalue weighted by atomic mass is 35.5. The number of halogens is 1. The summed E-state index contributed by atoms with van der Waals surface area (Å²) in [5, 5.41) is 3.32. The first-order chi connectivity index (χ1) is 12.7. The molecule has 1 amide bonds. The smallest absolute Gasteiger partial charge is 0.255 e. The largest absolute Gasteiger partial charge is 0.322 e. The number of aryl methyl sites for hydroxylation is 1. The molecule has 0 radical (unpaired) electrons. The summed E-state index contributed by atoms with van der Waals surface area (Å²) in [7, 11) is -3.30. The molecule has 27 heavy (non-hydrogen) atoms. The van der Waals surface area contributed by atoms with E-state index in [4.69, 9.17) is 11.6 Å². The average molecular weight is 401 g/mol. The Bertz CT molecular complexity index is 1090. The van der Waals surface area contributed by atoms with Gasteiger partial charge in [0.15, 0.2) is 9.84 Å². The van der Waals surface area contributed by atoms with Crippen molar-refractivity contribution in [3.63, 3.8) is 0 Å². The van der Waals surface area contributed by atoms with E-state index in [1.165, 1.54) is 24.3 Å². The van der Waals surface area contributed by atoms with E-state index in [1.54, 1.807) is 24.4 Å². The zero-order valence-corrected chi connectivity index (χ0v) is 16.3. The summed E-state index contributed by atoms with van der Waals surface area (Å²) < 4.78 is 23.0. The molecule has 3 aromatic rings. The number of carbonyl (C=O) groups is 1. The molecule has 1 heterocycles. The van der Waals surface area contributed by atoms with E-state index in [0.717, 1.165) is 11.8 Å². The van der Waals surface area contributed by atoms with E-state index in [1.807, 2.05) is 19.1 Å². The number of sulfone groups is 1. The first-order valence-electron chi connectivity index (χ1n) is 8.08. The van der Waals surface area contributed by atoms with E-state index in [2.05, 4.69) is 10.3 Å². The fourth-order valence-electron chi connectivity index (χ4n) is 2.48. The van der Waals surface area contributed by atoms with Crippen LogP contribution in [0.4, 0.5) is 5.69 Å². The Hall–Kier alpha value is -2.70. The number of pyridine rings is 1. The molecule has 1 N–H and O–H groups in total. The second-order valence-electron chi connectivity index (χ2n) is 6.17. The second-order valence-corrected chi connectivity index (χ2v) is 8.59. The molecule has 3 rings (SSSR count). The van der Waals surface area contributed by atoms with Gasteiger partial charge in [0.1, 0.15) is 0 Å². The number of aromatic nitrogens is 1. The quantitative estimate of drug-likeness (QED) is 0.705. The number of nitrogens with one attached hydrogen (secondary N) is 1. The summed E-state index contributed by atoms with van der Waals surface area (Å²) in [5.41, 5.74) is 3.37. The zero-order chi connectivity index (χ0) is 19.6. The highest BCUT2D eigenvalue weighted by Crippen LogP contribution is 2.29. The highest BCUT2D eigenvalue weighted by molar-refractivity contribution is 7.90. The van der Waals surface area contributed by atoms with Crippen LogP contribution in [0.15, 0.2) is 65.7 Å². The van der Waals surface area contributed by atoms with Crippen LogP contribution in [-0.4, -0.2) is 25.6 Å². The average Bonchev–Trinajstić information content (AvgIpc) is 2.63. The Kier molecular flexibility index (Phi) is 5.30. The molecule has 0 bridgehead atoms. The molecular weight excluding hydrogens is 384 g/mol. The number of rotatable bonds is 4. The number of anilines is 1. The van der Waals surface area contributed by atoms with Crippen LogP contribution in [0.3, 0.4) is 0 Å². The minimum Gasteiger partial charge on any atom is -0.322 e. The van der Waals surface area contributed by atoms with Crippen molar-refractivity contribution in [2.24, 2.45) is 0 Å². The Balaban J connectivity index is 1.84. The number of nitrogens with zero attached hydrogens (tertiary/aromatic N) is 1. The van der Waals surface area contributed by atoms with E-state index in [-0.39, 0.29) is 10.8 Å². The van der Waals surface area contributed by atoms with Crippen LogP contribution in [0.1, 0.15) is 15.9 Å². The van der Waals surface area contributed by atoms with Gasteiger partial charge in [-0.3, -0.25) is 9.78 Å². The van der Waals surface area contributed by atoms with E-state index >= 15 is 0 Å². The number of carbonyl (C=O) groups excluding carboxylic acids is 1. The van der Waals surface area contributed by atoms with Crippen LogP contribution >= 0.6 is 11.6 Å². The molecule has 0 fully saturated rings. The maximum Gasteiger partial charge on any atom is 0.255 e. The number of hydrogen-bond acceptors (Lipinski definition) is 4. The number of amides is 1. The third-order valence-electron chi connectivity index (χ3n) is 3.96. The summed E-state index contributed by atoms with van der Waals surface area (Å²) in [4.78, 5) is 17.0. The molecule has 0 spiro atoms. The van der Waals surface area contributed by atoms with Gasteiger partial charge in [0, 0.05) is 29.3 Å². The van der Waals surface area contributed by atoms with Crippen LogP contribution in [0.2, 0.25) is 5.02 Å². The summed E-state index contributed by atoms with van der Waals surface area (Å²) in [6.45, 7) is 1.95. The van der Waals surface area contributed by atoms with Crippen LogP contribution in [0.25, 0.3) is 11.3 Å². The third kappa shape index (κ3) is 4.53. The Morgan fingerprint density at radius 1 is 1.04 bits per heavy atom. The molecule has 0 aliphatic rings. The predicted octanol–water partition coefficient (Wildman–Crippen LogP) is 4.37.